The second-order valence-corrected chi connectivity index (χ2v) is 2.99. The maximum atomic E-state index is 5.05. The minimum Gasteiger partial charge on any atom is -0.466 e. The van der Waals surface area contributed by atoms with Crippen molar-refractivity contribution in [1.82, 2.24) is 0 Å². The molecule has 0 atom stereocenters. The molecule has 0 N–H and O–H groups in total. The van der Waals surface area contributed by atoms with E-state index >= 15 is 0 Å². The smallest absolute Gasteiger partial charge is 0.127 e. The van der Waals surface area contributed by atoms with Crippen molar-refractivity contribution in [2.75, 3.05) is 0 Å². The van der Waals surface area contributed by atoms with Crippen molar-refractivity contribution in [3.05, 3.63) is 40.7 Å². The summed E-state index contributed by atoms with van der Waals surface area (Å²) in [6, 6.07) is 7.79. The molecule has 0 unspecified atom stereocenters. The lowest BCUT2D eigenvalue weighted by molar-refractivity contribution is 0.483. The van der Waals surface area contributed by atoms with Crippen LogP contribution in [-0.4, -0.2) is 0 Å². The van der Waals surface area contributed by atoms with Gasteiger partial charge in [-0.1, -0.05) is 12.6 Å². The number of benzene rings is 1. The van der Waals surface area contributed by atoms with Crippen molar-refractivity contribution in [3.63, 3.8) is 0 Å². The Morgan fingerprint density at radius 1 is 1.50 bits per heavy atom. The molecule has 0 fully saturated rings. The number of halogens is 1. The summed E-state index contributed by atoms with van der Waals surface area (Å²) in [4.78, 5) is 0. The predicted molar refractivity (Wildman–Crippen MR) is 50.0 cm³/mol. The summed E-state index contributed by atoms with van der Waals surface area (Å²) in [5, 5.41) is 0. The summed E-state index contributed by atoms with van der Waals surface area (Å²) in [5.74, 6) is 0.835. The zero-order valence-corrected chi connectivity index (χ0v) is 7.54. The highest BCUT2D eigenvalue weighted by atomic mass is 127. The Hall–Kier alpha value is -0.510. The third kappa shape index (κ3) is 2.02. The minimum absolute atomic E-state index is 0.835. The van der Waals surface area contributed by atoms with Gasteiger partial charge in [0.25, 0.3) is 0 Å². The maximum absolute atomic E-state index is 5.05. The average Bonchev–Trinajstić information content (AvgIpc) is 1.88. The number of hydrogen-bond acceptors (Lipinski definition) is 1. The SMILES string of the molecule is C=COc1cccc(I)c1. The molecule has 0 amide bonds. The summed E-state index contributed by atoms with van der Waals surface area (Å²) >= 11 is 2.23. The van der Waals surface area contributed by atoms with Crippen LogP contribution in [0, 0.1) is 3.57 Å². The Kier molecular flexibility index (Phi) is 2.74. The standard InChI is InChI=1S/C8H7IO/c1-2-10-8-5-3-4-7(9)6-8/h2-6H,1H2. The largest absolute Gasteiger partial charge is 0.466 e. The van der Waals surface area contributed by atoms with E-state index in [0.717, 1.165) is 9.32 Å². The molecule has 52 valence electrons. The third-order valence-electron chi connectivity index (χ3n) is 1.02. The van der Waals surface area contributed by atoms with Gasteiger partial charge in [0.05, 0.1) is 6.26 Å². The van der Waals surface area contributed by atoms with Crippen LogP contribution < -0.4 is 4.74 Å². The lowest BCUT2D eigenvalue weighted by Gasteiger charge is -1.97. The molecular weight excluding hydrogens is 239 g/mol. The van der Waals surface area contributed by atoms with Crippen LogP contribution in [0.2, 0.25) is 0 Å². The van der Waals surface area contributed by atoms with Crippen molar-refractivity contribution in [2.45, 2.75) is 0 Å². The Balaban J connectivity index is 2.84. The summed E-state index contributed by atoms with van der Waals surface area (Å²) in [6.45, 7) is 3.46. The molecule has 1 aromatic carbocycles. The normalized spacial score (nSPS) is 8.90. The zero-order chi connectivity index (χ0) is 7.40. The maximum Gasteiger partial charge on any atom is 0.127 e. The minimum atomic E-state index is 0.835. The van der Waals surface area contributed by atoms with Gasteiger partial charge in [-0.05, 0) is 40.8 Å². The molecule has 0 bridgehead atoms. The molecule has 0 saturated heterocycles. The van der Waals surface area contributed by atoms with Crippen LogP contribution in [0.5, 0.6) is 5.75 Å². The van der Waals surface area contributed by atoms with E-state index in [9.17, 15) is 0 Å². The van der Waals surface area contributed by atoms with Crippen LogP contribution >= 0.6 is 22.6 Å². The van der Waals surface area contributed by atoms with E-state index in [0.29, 0.717) is 0 Å². The Bertz CT molecular complexity index is 232. The monoisotopic (exact) mass is 246 g/mol. The van der Waals surface area contributed by atoms with Gasteiger partial charge in [0.15, 0.2) is 0 Å². The molecule has 0 aliphatic carbocycles. The molecule has 0 aromatic heterocycles. The second-order valence-electron chi connectivity index (χ2n) is 1.74. The van der Waals surface area contributed by atoms with Crippen LogP contribution in [0.15, 0.2) is 37.1 Å². The van der Waals surface area contributed by atoms with Gasteiger partial charge in [-0.25, -0.2) is 0 Å². The fraction of sp³-hybridized carbons (Fsp3) is 0. The van der Waals surface area contributed by atoms with Crippen LogP contribution in [0.1, 0.15) is 0 Å². The van der Waals surface area contributed by atoms with Gasteiger partial charge in [-0.2, -0.15) is 0 Å². The highest BCUT2D eigenvalue weighted by Crippen LogP contribution is 2.14. The van der Waals surface area contributed by atoms with Crippen LogP contribution in [0.3, 0.4) is 0 Å². The van der Waals surface area contributed by atoms with Gasteiger partial charge < -0.3 is 4.74 Å². The highest BCUT2D eigenvalue weighted by molar-refractivity contribution is 14.1. The second kappa shape index (κ2) is 3.61. The number of rotatable bonds is 2. The van der Waals surface area contributed by atoms with Crippen molar-refractivity contribution >= 4 is 22.6 Å². The number of ether oxygens (including phenoxy) is 1. The molecule has 0 radical (unpaired) electrons. The topological polar surface area (TPSA) is 9.23 Å². The first kappa shape index (κ1) is 7.60. The lowest BCUT2D eigenvalue weighted by Crippen LogP contribution is -1.79. The van der Waals surface area contributed by atoms with E-state index in [1.165, 1.54) is 6.26 Å². The molecule has 0 spiro atoms. The highest BCUT2D eigenvalue weighted by Gasteiger charge is 1.89. The summed E-state index contributed by atoms with van der Waals surface area (Å²) in [6.07, 6.45) is 1.42. The molecule has 1 aromatic rings. The summed E-state index contributed by atoms with van der Waals surface area (Å²) in [7, 11) is 0. The molecule has 10 heavy (non-hydrogen) atoms. The van der Waals surface area contributed by atoms with Gasteiger partial charge in [0, 0.05) is 3.57 Å². The zero-order valence-electron chi connectivity index (χ0n) is 5.38. The van der Waals surface area contributed by atoms with Crippen LogP contribution in [0.4, 0.5) is 0 Å². The number of hydrogen-bond donors (Lipinski definition) is 0. The van der Waals surface area contributed by atoms with Crippen molar-refractivity contribution < 1.29 is 4.74 Å². The quantitative estimate of drug-likeness (QED) is 0.575. The fourth-order valence-electron chi connectivity index (χ4n) is 0.637. The van der Waals surface area contributed by atoms with Gasteiger partial charge in [-0.3, -0.25) is 0 Å². The van der Waals surface area contributed by atoms with Gasteiger partial charge in [0.2, 0.25) is 0 Å². The molecular formula is C8H7IO. The first-order valence-electron chi connectivity index (χ1n) is 2.86. The van der Waals surface area contributed by atoms with E-state index in [1.54, 1.807) is 0 Å². The lowest BCUT2D eigenvalue weighted by atomic mass is 10.3. The first-order valence-corrected chi connectivity index (χ1v) is 3.94. The molecule has 0 aliphatic rings. The van der Waals surface area contributed by atoms with Gasteiger partial charge in [0.1, 0.15) is 5.75 Å². The molecule has 0 aliphatic heterocycles. The van der Waals surface area contributed by atoms with Crippen molar-refractivity contribution in [3.8, 4) is 5.75 Å². The summed E-state index contributed by atoms with van der Waals surface area (Å²) < 4.78 is 6.21. The van der Waals surface area contributed by atoms with E-state index in [-0.39, 0.29) is 0 Å². The first-order chi connectivity index (χ1) is 4.83. The molecule has 2 heteroatoms. The molecule has 0 heterocycles. The van der Waals surface area contributed by atoms with E-state index < -0.39 is 0 Å². The third-order valence-corrected chi connectivity index (χ3v) is 1.69. The predicted octanol–water partition coefficient (Wildman–Crippen LogP) is 2.81. The van der Waals surface area contributed by atoms with Gasteiger partial charge in [-0.15, -0.1) is 0 Å². The average molecular weight is 246 g/mol. The Morgan fingerprint density at radius 2 is 2.30 bits per heavy atom. The Labute approximate surface area is 73.8 Å². The van der Waals surface area contributed by atoms with Crippen LogP contribution in [0.25, 0.3) is 0 Å². The van der Waals surface area contributed by atoms with E-state index in [4.69, 9.17) is 4.74 Å². The van der Waals surface area contributed by atoms with Crippen molar-refractivity contribution in [2.24, 2.45) is 0 Å². The van der Waals surface area contributed by atoms with E-state index in [2.05, 4.69) is 29.2 Å². The molecule has 0 saturated carbocycles. The van der Waals surface area contributed by atoms with E-state index in [1.807, 2.05) is 24.3 Å². The van der Waals surface area contributed by atoms with Gasteiger partial charge >= 0.3 is 0 Å². The van der Waals surface area contributed by atoms with Crippen molar-refractivity contribution in [1.29, 1.82) is 0 Å². The van der Waals surface area contributed by atoms with Crippen LogP contribution in [-0.2, 0) is 0 Å². The summed E-state index contributed by atoms with van der Waals surface area (Å²) in [5.41, 5.74) is 0. The Morgan fingerprint density at radius 3 is 2.90 bits per heavy atom. The fourth-order valence-corrected chi connectivity index (χ4v) is 1.15. The molecule has 1 nitrogen and oxygen atoms in total. The molecule has 1 rings (SSSR count).